The normalized spacial score (nSPS) is 10.5. The molecule has 20 aromatic rings. The Morgan fingerprint density at radius 2 is 0.415 bits per heavy atom. The highest BCUT2D eigenvalue weighted by molar-refractivity contribution is 5.86. The quantitative estimate of drug-likeness (QED) is 0.0757. The van der Waals surface area contributed by atoms with Gasteiger partial charge in [-0.25, -0.2) is 0 Å². The van der Waals surface area contributed by atoms with Crippen LogP contribution in [0.25, 0.3) is 122 Å². The minimum absolute atomic E-state index is 0.571. The van der Waals surface area contributed by atoms with Crippen molar-refractivity contribution >= 4 is 0 Å². The summed E-state index contributed by atoms with van der Waals surface area (Å²) in [6.07, 6.45) is 3.59. The van der Waals surface area contributed by atoms with Crippen LogP contribution in [0.15, 0.2) is 510 Å². The fourth-order valence-electron chi connectivity index (χ4n) is 18.5. The summed E-state index contributed by atoms with van der Waals surface area (Å²) in [7, 11) is 0. The monoisotopic (exact) mass is 1920 g/mol. The second kappa shape index (κ2) is 57.8. The average Bonchev–Trinajstić information content (AvgIpc) is 0.773. The van der Waals surface area contributed by atoms with E-state index in [1.807, 2.05) is 6.07 Å². The molecular formula is C147H152. The van der Waals surface area contributed by atoms with Crippen LogP contribution in [0.1, 0.15) is 159 Å². The molecule has 0 aromatic heterocycles. The van der Waals surface area contributed by atoms with E-state index in [4.69, 9.17) is 0 Å². The van der Waals surface area contributed by atoms with Gasteiger partial charge in [0.05, 0.1) is 0 Å². The van der Waals surface area contributed by atoms with Crippen molar-refractivity contribution in [3.63, 3.8) is 0 Å². The molecule has 0 spiro atoms. The lowest BCUT2D eigenvalue weighted by molar-refractivity contribution is 0.645. The molecule has 0 unspecified atom stereocenters. The summed E-state index contributed by atoms with van der Waals surface area (Å²) in [6, 6.07) is 180. The average molecular weight is 1920 g/mol. The summed E-state index contributed by atoms with van der Waals surface area (Å²) < 4.78 is 0. The van der Waals surface area contributed by atoms with Gasteiger partial charge in [-0.1, -0.05) is 571 Å². The Labute approximate surface area is 883 Å². The standard InChI is InChI=1S/C25H20.3C19H16.C19H24.C13H12.3C11H16/c1-19-24(21-13-7-3-8-14-21)17-23(20-11-5-2-6-12-20)18-25(19)22-15-9-4-10-16-22;1-15-18(16-9-4-2-5-10-16)13-8-14-19(15)17-11-6-3-7-12-17;1-15-12-18(16-8-4-2-5-9-16)14-19(13-15)17-10-6-3-7-11-17;1-15-12-13-18(16-8-4-2-5-9-16)14-19(15)17-10-6-3-7-11-17;1-13(2)18-11-17(16-9-7-6-8-10-16)12-19(14(3)4)15(18)5;1-11-7-9-13(10-8-11)12-5-3-2-4-6-12;1-9(2)8-11-6-4-10(3)5-7-11;1-9(2)7-11-6-4-5-10(3)8-11;1-9(2)8-11-7-5-4-6-10(11)3/h2-18H,1H3;3*2-14H,1H3;6-14H,1-5H3;2-10H,1H3;4-7,9H,8H2,1-3H3;4-6,8-9H,7H2,1-3H3;4-7,9H,8H2,1-3H3. The lowest BCUT2D eigenvalue weighted by Gasteiger charge is -2.19. The first-order chi connectivity index (χ1) is 71.3. The number of aryl methyl sites for hydroxylation is 6. The Bertz CT molecular complexity index is 6970. The maximum atomic E-state index is 2.36. The van der Waals surface area contributed by atoms with E-state index in [0.29, 0.717) is 11.8 Å². The van der Waals surface area contributed by atoms with Gasteiger partial charge in [-0.3, -0.25) is 0 Å². The van der Waals surface area contributed by atoms with Crippen molar-refractivity contribution in [1.82, 2.24) is 0 Å². The number of hydrogen-bond donors (Lipinski definition) is 0. The lowest BCUT2D eigenvalue weighted by atomic mass is 9.86. The van der Waals surface area contributed by atoms with Crippen molar-refractivity contribution in [3.05, 3.63) is 587 Å². The second-order valence-electron chi connectivity index (χ2n) is 40.5. The maximum Gasteiger partial charge on any atom is -0.0142 e. The largest absolute Gasteiger partial charge is 0.0625 e. The molecule has 0 N–H and O–H groups in total. The molecule has 0 aliphatic carbocycles. The molecule has 0 saturated carbocycles. The lowest BCUT2D eigenvalue weighted by Crippen LogP contribution is -2.00. The van der Waals surface area contributed by atoms with Crippen molar-refractivity contribution in [3.8, 4) is 122 Å². The molecule has 740 valence electrons. The fraction of sp³-hybridized carbons (Fsp3) is 0.184. The molecular weight excluding hydrogens is 1770 g/mol. The Morgan fingerprint density at radius 3 is 0.769 bits per heavy atom. The van der Waals surface area contributed by atoms with Crippen LogP contribution >= 0.6 is 0 Å². The Morgan fingerprint density at radius 1 is 0.143 bits per heavy atom. The molecule has 0 atom stereocenters. The van der Waals surface area contributed by atoms with Crippen LogP contribution in [-0.4, -0.2) is 0 Å². The molecule has 147 heavy (non-hydrogen) atoms. The van der Waals surface area contributed by atoms with E-state index in [-0.39, 0.29) is 0 Å². The van der Waals surface area contributed by atoms with Crippen LogP contribution in [0.3, 0.4) is 0 Å². The molecule has 0 bridgehead atoms. The van der Waals surface area contributed by atoms with Crippen molar-refractivity contribution in [2.75, 3.05) is 0 Å². The van der Waals surface area contributed by atoms with Gasteiger partial charge >= 0.3 is 0 Å². The van der Waals surface area contributed by atoms with E-state index < -0.39 is 0 Å². The Balaban J connectivity index is 0.000000149. The SMILES string of the molecule is Cc1c(-c2ccccc2)cc(-c2ccccc2)cc1-c1ccccc1.Cc1c(-c2ccccc2)cccc1-c1ccccc1.Cc1c(C(C)C)cc(-c2ccccc2)cc1C(C)C.Cc1cc(-c2ccccc2)cc(-c2ccccc2)c1.Cc1ccc(-c2ccccc2)cc1.Cc1ccc(-c2ccccc2)cc1-c1ccccc1.Cc1ccc(CC(C)C)cc1.Cc1cccc(CC(C)C)c1.Cc1ccccc1CC(C)C. The Kier molecular flexibility index (Phi) is 43.3. The molecule has 20 rings (SSSR count). The fourth-order valence-corrected chi connectivity index (χ4v) is 18.5. The van der Waals surface area contributed by atoms with Crippen LogP contribution in [0, 0.1) is 80.1 Å². The molecule has 0 aliphatic rings. The van der Waals surface area contributed by atoms with Crippen molar-refractivity contribution in [2.24, 2.45) is 17.8 Å². The number of benzene rings is 20. The highest BCUT2D eigenvalue weighted by Crippen LogP contribution is 2.40. The van der Waals surface area contributed by atoms with Crippen LogP contribution in [0.4, 0.5) is 0 Å². The summed E-state index contributed by atoms with van der Waals surface area (Å²) in [5.74, 6) is 3.42. The van der Waals surface area contributed by atoms with Gasteiger partial charge in [0.25, 0.3) is 0 Å². The van der Waals surface area contributed by atoms with Crippen molar-refractivity contribution in [2.45, 2.75) is 163 Å². The van der Waals surface area contributed by atoms with E-state index in [1.54, 1.807) is 0 Å². The molecule has 0 saturated heterocycles. The van der Waals surface area contributed by atoms with E-state index in [2.05, 4.69) is 635 Å². The smallest absolute Gasteiger partial charge is 0.0142 e. The predicted octanol–water partition coefficient (Wildman–Crippen LogP) is 42.1. The highest BCUT2D eigenvalue weighted by Gasteiger charge is 2.17. The van der Waals surface area contributed by atoms with Gasteiger partial charge in [0.15, 0.2) is 0 Å². The summed E-state index contributed by atoms with van der Waals surface area (Å²) >= 11 is 0. The third-order valence-corrected chi connectivity index (χ3v) is 26.3. The minimum Gasteiger partial charge on any atom is -0.0625 e. The zero-order chi connectivity index (χ0) is 104. The second-order valence-corrected chi connectivity index (χ2v) is 40.5. The third-order valence-electron chi connectivity index (χ3n) is 26.3. The van der Waals surface area contributed by atoms with Gasteiger partial charge in [0, 0.05) is 0 Å². The van der Waals surface area contributed by atoms with Gasteiger partial charge in [-0.2, -0.15) is 0 Å². The van der Waals surface area contributed by atoms with Crippen LogP contribution in [-0.2, 0) is 19.3 Å². The molecule has 0 aliphatic heterocycles. The maximum absolute atomic E-state index is 2.36. The molecule has 0 amide bonds. The number of rotatable bonds is 19. The van der Waals surface area contributed by atoms with Gasteiger partial charge < -0.3 is 0 Å². The summed E-state index contributed by atoms with van der Waals surface area (Å²) in [6.45, 7) is 42.2. The van der Waals surface area contributed by atoms with Gasteiger partial charge in [-0.15, -0.1) is 0 Å². The summed E-state index contributed by atoms with van der Waals surface area (Å²) in [4.78, 5) is 0. The zero-order valence-electron chi connectivity index (χ0n) is 90.5. The van der Waals surface area contributed by atoms with Crippen molar-refractivity contribution in [1.29, 1.82) is 0 Å². The van der Waals surface area contributed by atoms with E-state index in [1.165, 1.54) is 220 Å². The molecule has 20 aromatic carbocycles. The highest BCUT2D eigenvalue weighted by atomic mass is 14.2. The van der Waals surface area contributed by atoms with Gasteiger partial charge in [0.2, 0.25) is 0 Å². The van der Waals surface area contributed by atoms with Crippen LogP contribution < -0.4 is 0 Å². The number of hydrogen-bond acceptors (Lipinski definition) is 0. The van der Waals surface area contributed by atoms with Crippen LogP contribution in [0.2, 0.25) is 0 Å². The molecule has 0 heterocycles. The van der Waals surface area contributed by atoms with Gasteiger partial charge in [-0.05, 0) is 319 Å². The third kappa shape index (κ3) is 34.8. The molecule has 0 heteroatoms. The van der Waals surface area contributed by atoms with Crippen molar-refractivity contribution < 1.29 is 0 Å². The Hall–Kier alpha value is -15.6. The predicted molar refractivity (Wildman–Crippen MR) is 644 cm³/mol. The van der Waals surface area contributed by atoms with E-state index in [0.717, 1.165) is 17.8 Å². The first-order valence-electron chi connectivity index (χ1n) is 52.7. The zero-order valence-corrected chi connectivity index (χ0v) is 90.5. The minimum atomic E-state index is 0.571. The topological polar surface area (TPSA) is 0 Å². The van der Waals surface area contributed by atoms with E-state index in [9.17, 15) is 0 Å². The molecule has 0 fully saturated rings. The first kappa shape index (κ1) is 110. The summed E-state index contributed by atoms with van der Waals surface area (Å²) in [5, 5.41) is 0. The first-order valence-corrected chi connectivity index (χ1v) is 52.7. The summed E-state index contributed by atoms with van der Waals surface area (Å²) in [5.41, 5.74) is 47.7. The molecule has 0 radical (unpaired) electrons. The molecule has 0 nitrogen and oxygen atoms in total. The van der Waals surface area contributed by atoms with Gasteiger partial charge in [0.1, 0.15) is 0 Å². The van der Waals surface area contributed by atoms with Crippen LogP contribution in [0.5, 0.6) is 0 Å². The van der Waals surface area contributed by atoms with E-state index >= 15 is 0 Å².